The maximum atomic E-state index is 11.7. The van der Waals surface area contributed by atoms with Crippen molar-refractivity contribution in [1.29, 1.82) is 0 Å². The van der Waals surface area contributed by atoms with Crippen LogP contribution in [0, 0.1) is 11.8 Å². The summed E-state index contributed by atoms with van der Waals surface area (Å²) < 4.78 is 5.95. The number of halogens is 1. The lowest BCUT2D eigenvalue weighted by molar-refractivity contribution is 0.0960. The number of nitrogens with two attached hydrogens (primary N) is 1. The summed E-state index contributed by atoms with van der Waals surface area (Å²) in [6, 6.07) is 9.98. The molecule has 1 heterocycles. The molecule has 2 aromatic rings. The average molecular weight is 349 g/mol. The number of benzene rings is 1. The zero-order valence-corrected chi connectivity index (χ0v) is 13.5. The van der Waals surface area contributed by atoms with Crippen LogP contribution in [0.1, 0.15) is 20.0 Å². The molecule has 3 N–H and O–H groups in total. The minimum Gasteiger partial charge on any atom is -0.480 e. The van der Waals surface area contributed by atoms with Gasteiger partial charge in [0.2, 0.25) is 0 Å². The molecule has 2 amide bonds. The monoisotopic (exact) mass is 348 g/mol. The van der Waals surface area contributed by atoms with Crippen molar-refractivity contribution in [3.63, 3.8) is 0 Å². The molecule has 5 nitrogen and oxygen atoms in total. The van der Waals surface area contributed by atoms with Gasteiger partial charge in [0.25, 0.3) is 11.8 Å². The van der Waals surface area contributed by atoms with Crippen molar-refractivity contribution < 1.29 is 14.3 Å². The first-order valence-corrected chi connectivity index (χ1v) is 7.78. The van der Waals surface area contributed by atoms with E-state index in [9.17, 15) is 9.59 Å². The predicted molar refractivity (Wildman–Crippen MR) is 89.9 cm³/mol. The van der Waals surface area contributed by atoms with Crippen LogP contribution in [-0.4, -0.2) is 25.0 Å². The van der Waals surface area contributed by atoms with Gasteiger partial charge in [0, 0.05) is 0 Å². The fourth-order valence-electron chi connectivity index (χ4n) is 1.67. The van der Waals surface area contributed by atoms with Crippen molar-refractivity contribution in [2.24, 2.45) is 5.73 Å². The predicted octanol–water partition coefficient (Wildman–Crippen LogP) is 2.31. The molecule has 0 aliphatic rings. The van der Waals surface area contributed by atoms with Crippen LogP contribution in [0.15, 0.2) is 36.4 Å². The molecule has 0 saturated carbocycles. The number of nitrogens with one attached hydrogen (secondary N) is 1. The molecule has 0 fully saturated rings. The second kappa shape index (κ2) is 8.22. The first kappa shape index (κ1) is 16.9. The molecule has 1 aromatic heterocycles. The number of amides is 2. The third-order valence-corrected chi connectivity index (χ3v) is 3.94. The van der Waals surface area contributed by atoms with Crippen molar-refractivity contribution in [1.82, 2.24) is 5.32 Å². The van der Waals surface area contributed by atoms with E-state index in [4.69, 9.17) is 22.1 Å². The maximum Gasteiger partial charge on any atom is 0.262 e. The van der Waals surface area contributed by atoms with E-state index >= 15 is 0 Å². The van der Waals surface area contributed by atoms with Crippen LogP contribution in [0.2, 0.25) is 4.34 Å². The summed E-state index contributed by atoms with van der Waals surface area (Å²) in [5, 5.41) is 2.65. The van der Waals surface area contributed by atoms with Crippen molar-refractivity contribution in [2.75, 3.05) is 13.2 Å². The minimum atomic E-state index is -0.560. The van der Waals surface area contributed by atoms with Crippen LogP contribution >= 0.6 is 22.9 Å². The van der Waals surface area contributed by atoms with Gasteiger partial charge in [-0.2, -0.15) is 0 Å². The Bertz CT molecular complexity index is 777. The number of hydrogen-bond acceptors (Lipinski definition) is 4. The fourth-order valence-corrected chi connectivity index (χ4v) is 2.63. The quantitative estimate of drug-likeness (QED) is 0.813. The van der Waals surface area contributed by atoms with E-state index in [1.807, 2.05) is 0 Å². The second-order valence-corrected chi connectivity index (χ2v) is 6.00. The van der Waals surface area contributed by atoms with E-state index in [1.165, 1.54) is 11.3 Å². The summed E-state index contributed by atoms with van der Waals surface area (Å²) in [6.45, 7) is 0.278. The summed E-state index contributed by atoms with van der Waals surface area (Å²) in [5.74, 6) is 5.11. The summed E-state index contributed by atoms with van der Waals surface area (Å²) in [7, 11) is 0. The van der Waals surface area contributed by atoms with Gasteiger partial charge in [0.1, 0.15) is 12.4 Å². The van der Waals surface area contributed by atoms with E-state index in [0.717, 1.165) is 0 Å². The molecule has 0 aliphatic carbocycles. The molecular weight excluding hydrogens is 336 g/mol. The molecule has 0 radical (unpaired) electrons. The lowest BCUT2D eigenvalue weighted by Crippen LogP contribution is -2.22. The zero-order chi connectivity index (χ0) is 16.7. The van der Waals surface area contributed by atoms with Gasteiger partial charge in [-0.3, -0.25) is 9.59 Å². The number of primary amides is 1. The Morgan fingerprint density at radius 1 is 1.22 bits per heavy atom. The summed E-state index contributed by atoms with van der Waals surface area (Å²) in [5.41, 5.74) is 5.55. The minimum absolute atomic E-state index is 0.0883. The van der Waals surface area contributed by atoms with Crippen LogP contribution in [0.4, 0.5) is 0 Å². The maximum absolute atomic E-state index is 11.7. The summed E-state index contributed by atoms with van der Waals surface area (Å²) >= 11 is 6.96. The van der Waals surface area contributed by atoms with Gasteiger partial charge >= 0.3 is 0 Å². The highest BCUT2D eigenvalue weighted by Crippen LogP contribution is 2.21. The molecule has 0 spiro atoms. The van der Waals surface area contributed by atoms with Crippen molar-refractivity contribution >= 4 is 34.8 Å². The van der Waals surface area contributed by atoms with Crippen LogP contribution in [-0.2, 0) is 0 Å². The molecule has 0 unspecified atom stereocenters. The molecule has 118 valence electrons. The summed E-state index contributed by atoms with van der Waals surface area (Å²) in [4.78, 5) is 23.5. The number of carbonyl (C=O) groups excluding carboxylic acids is 2. The molecule has 1 aromatic carbocycles. The van der Waals surface area contributed by atoms with Crippen molar-refractivity contribution in [2.45, 2.75) is 0 Å². The Kier molecular flexibility index (Phi) is 6.03. The molecule has 7 heteroatoms. The van der Waals surface area contributed by atoms with Crippen LogP contribution in [0.3, 0.4) is 0 Å². The Morgan fingerprint density at radius 3 is 2.70 bits per heavy atom. The van der Waals surface area contributed by atoms with Gasteiger partial charge in [0.05, 0.1) is 21.3 Å². The summed E-state index contributed by atoms with van der Waals surface area (Å²) in [6.07, 6.45) is 0. The molecule has 23 heavy (non-hydrogen) atoms. The van der Waals surface area contributed by atoms with Gasteiger partial charge in [-0.25, -0.2) is 0 Å². The normalized spacial score (nSPS) is 9.61. The lowest BCUT2D eigenvalue weighted by atomic mass is 10.2. The highest BCUT2D eigenvalue weighted by atomic mass is 35.5. The number of thiophene rings is 1. The van der Waals surface area contributed by atoms with Crippen molar-refractivity contribution in [3.8, 4) is 17.6 Å². The zero-order valence-electron chi connectivity index (χ0n) is 12.0. The van der Waals surface area contributed by atoms with E-state index < -0.39 is 5.91 Å². The van der Waals surface area contributed by atoms with Gasteiger partial charge in [-0.05, 0) is 24.3 Å². The van der Waals surface area contributed by atoms with E-state index in [2.05, 4.69) is 17.2 Å². The van der Waals surface area contributed by atoms with Gasteiger partial charge in [-0.15, -0.1) is 11.3 Å². The number of rotatable bonds is 5. The SMILES string of the molecule is NC(=O)c1ccccc1OCC#CCNC(=O)c1ccc(Cl)s1. The van der Waals surface area contributed by atoms with Crippen LogP contribution in [0.5, 0.6) is 5.75 Å². The first-order chi connectivity index (χ1) is 11.1. The van der Waals surface area contributed by atoms with Crippen LogP contribution < -0.4 is 15.8 Å². The number of para-hydroxylation sites is 1. The fraction of sp³-hybridized carbons (Fsp3) is 0.125. The molecule has 0 bridgehead atoms. The Hall–Kier alpha value is -2.49. The molecule has 0 atom stereocenters. The van der Waals surface area contributed by atoms with Gasteiger partial charge in [-0.1, -0.05) is 35.6 Å². The van der Waals surface area contributed by atoms with Crippen LogP contribution in [0.25, 0.3) is 0 Å². The molecule has 2 rings (SSSR count). The third-order valence-electron chi connectivity index (χ3n) is 2.71. The van der Waals surface area contributed by atoms with Crippen molar-refractivity contribution in [3.05, 3.63) is 51.2 Å². The van der Waals surface area contributed by atoms with E-state index in [1.54, 1.807) is 36.4 Å². The lowest BCUT2D eigenvalue weighted by Gasteiger charge is -2.05. The average Bonchev–Trinajstić information content (AvgIpc) is 2.97. The number of hydrogen-bond donors (Lipinski definition) is 2. The van der Waals surface area contributed by atoms with E-state index in [0.29, 0.717) is 20.5 Å². The van der Waals surface area contributed by atoms with Gasteiger partial charge in [0.15, 0.2) is 0 Å². The van der Waals surface area contributed by atoms with E-state index in [-0.39, 0.29) is 19.1 Å². The largest absolute Gasteiger partial charge is 0.480 e. The molecule has 0 saturated heterocycles. The number of ether oxygens (including phenoxy) is 1. The third kappa shape index (κ3) is 5.02. The highest BCUT2D eigenvalue weighted by molar-refractivity contribution is 7.17. The molecular formula is C16H13ClN2O3S. The Balaban J connectivity index is 1.79. The second-order valence-electron chi connectivity index (χ2n) is 4.29. The Morgan fingerprint density at radius 2 is 2.00 bits per heavy atom. The topological polar surface area (TPSA) is 81.4 Å². The molecule has 0 aliphatic heterocycles. The Labute approximate surface area is 142 Å². The number of carbonyl (C=O) groups is 2. The first-order valence-electron chi connectivity index (χ1n) is 6.59. The highest BCUT2D eigenvalue weighted by Gasteiger charge is 2.07. The smallest absolute Gasteiger partial charge is 0.262 e. The standard InChI is InChI=1S/C16H13ClN2O3S/c17-14-8-7-13(23-14)16(21)19-9-3-4-10-22-12-6-2-1-5-11(12)15(18)20/h1-2,5-8H,9-10H2,(H2,18,20)(H,19,21). The van der Waals surface area contributed by atoms with Gasteiger partial charge < -0.3 is 15.8 Å².